The van der Waals surface area contributed by atoms with Crippen LogP contribution in [0.25, 0.3) is 0 Å². The largest absolute Gasteiger partial charge is 0.356 e. The van der Waals surface area contributed by atoms with Crippen LogP contribution in [-0.2, 0) is 21.1 Å². The topological polar surface area (TPSA) is 63.2 Å². The third-order valence-electron chi connectivity index (χ3n) is 4.26. The highest BCUT2D eigenvalue weighted by Gasteiger charge is 2.27. The molecular formula is C17H24FNO3S. The van der Waals surface area contributed by atoms with Crippen molar-refractivity contribution in [1.82, 2.24) is 5.32 Å². The van der Waals surface area contributed by atoms with Gasteiger partial charge in [-0.15, -0.1) is 0 Å². The van der Waals surface area contributed by atoms with Crippen LogP contribution >= 0.6 is 0 Å². The second kappa shape index (κ2) is 8.43. The number of halogens is 1. The Bertz CT molecular complexity index is 630. The van der Waals surface area contributed by atoms with Gasteiger partial charge >= 0.3 is 0 Å². The fraction of sp³-hybridized carbons (Fsp3) is 0.588. The summed E-state index contributed by atoms with van der Waals surface area (Å²) in [6, 6.07) is 6.74. The molecule has 0 radical (unpaired) electrons. The molecule has 4 nitrogen and oxygen atoms in total. The third kappa shape index (κ3) is 6.29. The quantitative estimate of drug-likeness (QED) is 0.739. The maximum atomic E-state index is 13.4. The summed E-state index contributed by atoms with van der Waals surface area (Å²) in [7, 11) is -2.86. The lowest BCUT2D eigenvalue weighted by atomic mass is 10.0. The van der Waals surface area contributed by atoms with Gasteiger partial charge in [0.1, 0.15) is 5.82 Å². The van der Waals surface area contributed by atoms with Gasteiger partial charge in [0, 0.05) is 13.0 Å². The molecule has 23 heavy (non-hydrogen) atoms. The van der Waals surface area contributed by atoms with Gasteiger partial charge in [-0.05, 0) is 49.7 Å². The Hall–Kier alpha value is -1.43. The Kier molecular flexibility index (Phi) is 6.57. The van der Waals surface area contributed by atoms with Crippen LogP contribution in [0, 0.1) is 11.7 Å². The minimum atomic E-state index is -2.86. The van der Waals surface area contributed by atoms with Crippen molar-refractivity contribution in [3.8, 4) is 0 Å². The minimum Gasteiger partial charge on any atom is -0.356 e. The van der Waals surface area contributed by atoms with Crippen molar-refractivity contribution in [2.45, 2.75) is 38.5 Å². The number of aryl methyl sites for hydroxylation is 1. The van der Waals surface area contributed by atoms with Crippen LogP contribution in [0.4, 0.5) is 4.39 Å². The summed E-state index contributed by atoms with van der Waals surface area (Å²) in [5.74, 6) is 0.410. The number of unbranched alkanes of at least 4 members (excludes halogenated alkanes) is 1. The lowest BCUT2D eigenvalue weighted by Crippen LogP contribution is -2.25. The smallest absolute Gasteiger partial charge is 0.220 e. The molecule has 1 aliphatic rings. The molecule has 0 saturated carbocycles. The van der Waals surface area contributed by atoms with Crippen LogP contribution in [0.5, 0.6) is 0 Å². The van der Waals surface area contributed by atoms with Crippen molar-refractivity contribution in [2.24, 2.45) is 5.92 Å². The summed E-state index contributed by atoms with van der Waals surface area (Å²) in [6.07, 6.45) is 3.99. The van der Waals surface area contributed by atoms with E-state index < -0.39 is 9.84 Å². The zero-order valence-electron chi connectivity index (χ0n) is 13.3. The third-order valence-corrected chi connectivity index (χ3v) is 6.10. The van der Waals surface area contributed by atoms with Crippen molar-refractivity contribution in [3.05, 3.63) is 35.6 Å². The van der Waals surface area contributed by atoms with Gasteiger partial charge in [-0.1, -0.05) is 18.2 Å². The fourth-order valence-corrected chi connectivity index (χ4v) is 4.80. The summed E-state index contributed by atoms with van der Waals surface area (Å²) in [5.41, 5.74) is 0.710. The van der Waals surface area contributed by atoms with Gasteiger partial charge in [-0.2, -0.15) is 0 Å². The van der Waals surface area contributed by atoms with Gasteiger partial charge in [0.15, 0.2) is 9.84 Å². The highest BCUT2D eigenvalue weighted by atomic mass is 32.2. The van der Waals surface area contributed by atoms with E-state index in [2.05, 4.69) is 5.32 Å². The second-order valence-corrected chi connectivity index (χ2v) is 8.43. The summed E-state index contributed by atoms with van der Waals surface area (Å²) < 4.78 is 36.1. The number of nitrogens with one attached hydrogen (secondary N) is 1. The molecule has 2 rings (SSSR count). The van der Waals surface area contributed by atoms with Crippen LogP contribution in [0.3, 0.4) is 0 Å². The second-order valence-electron chi connectivity index (χ2n) is 6.21. The first-order valence-electron chi connectivity index (χ1n) is 8.17. The van der Waals surface area contributed by atoms with Gasteiger partial charge in [0.25, 0.3) is 0 Å². The maximum Gasteiger partial charge on any atom is 0.220 e. The van der Waals surface area contributed by atoms with Crippen molar-refractivity contribution in [1.29, 1.82) is 0 Å². The SMILES string of the molecule is O=C(CCC1CCS(=O)(=O)C1)NCCCCc1ccccc1F. The Balaban J connectivity index is 1.54. The van der Waals surface area contributed by atoms with Gasteiger partial charge in [-0.25, -0.2) is 12.8 Å². The molecule has 0 aromatic heterocycles. The van der Waals surface area contributed by atoms with E-state index in [4.69, 9.17) is 0 Å². The number of amides is 1. The number of sulfone groups is 1. The first-order valence-corrected chi connectivity index (χ1v) is 9.99. The molecule has 0 spiro atoms. The predicted octanol–water partition coefficient (Wildman–Crippen LogP) is 2.48. The van der Waals surface area contributed by atoms with Crippen LogP contribution < -0.4 is 5.32 Å². The van der Waals surface area contributed by atoms with Crippen LogP contribution in [0.2, 0.25) is 0 Å². The predicted molar refractivity (Wildman–Crippen MR) is 88.3 cm³/mol. The van der Waals surface area contributed by atoms with E-state index in [0.29, 0.717) is 37.8 Å². The molecule has 1 aliphatic heterocycles. The summed E-state index contributed by atoms with van der Waals surface area (Å²) in [5, 5.41) is 2.85. The molecule has 6 heteroatoms. The van der Waals surface area contributed by atoms with Gasteiger partial charge in [0.2, 0.25) is 5.91 Å². The van der Waals surface area contributed by atoms with Crippen LogP contribution in [-0.4, -0.2) is 32.4 Å². The molecule has 1 amide bonds. The zero-order valence-corrected chi connectivity index (χ0v) is 14.1. The Morgan fingerprint density at radius 1 is 1.26 bits per heavy atom. The number of rotatable bonds is 8. The van der Waals surface area contributed by atoms with E-state index in [-0.39, 0.29) is 29.1 Å². The van der Waals surface area contributed by atoms with E-state index in [9.17, 15) is 17.6 Å². The van der Waals surface area contributed by atoms with Crippen molar-refractivity contribution >= 4 is 15.7 Å². The van der Waals surface area contributed by atoms with E-state index in [1.165, 1.54) is 6.07 Å². The average molecular weight is 341 g/mol. The number of hydrogen-bond acceptors (Lipinski definition) is 3. The highest BCUT2D eigenvalue weighted by molar-refractivity contribution is 7.91. The standard InChI is InChI=1S/C17H24FNO3S/c18-16-7-2-1-5-15(16)6-3-4-11-19-17(20)9-8-14-10-12-23(21,22)13-14/h1-2,5,7,14H,3-4,6,8-13H2,(H,19,20). The molecule has 1 saturated heterocycles. The number of hydrogen-bond donors (Lipinski definition) is 1. The van der Waals surface area contributed by atoms with E-state index in [1.807, 2.05) is 6.07 Å². The van der Waals surface area contributed by atoms with Crippen molar-refractivity contribution < 1.29 is 17.6 Å². The lowest BCUT2D eigenvalue weighted by molar-refractivity contribution is -0.121. The molecule has 1 fully saturated rings. The summed E-state index contributed by atoms with van der Waals surface area (Å²) in [4.78, 5) is 11.7. The Morgan fingerprint density at radius 2 is 2.04 bits per heavy atom. The molecule has 1 aromatic rings. The lowest BCUT2D eigenvalue weighted by Gasteiger charge is -2.08. The van der Waals surface area contributed by atoms with Crippen molar-refractivity contribution in [2.75, 3.05) is 18.1 Å². The Morgan fingerprint density at radius 3 is 2.74 bits per heavy atom. The first-order chi connectivity index (χ1) is 11.0. The maximum absolute atomic E-state index is 13.4. The molecule has 1 atom stereocenters. The van der Waals surface area contributed by atoms with Crippen LogP contribution in [0.15, 0.2) is 24.3 Å². The van der Waals surface area contributed by atoms with Crippen LogP contribution in [0.1, 0.15) is 37.7 Å². The highest BCUT2D eigenvalue weighted by Crippen LogP contribution is 2.22. The number of benzene rings is 1. The molecule has 128 valence electrons. The average Bonchev–Trinajstić information content (AvgIpc) is 2.86. The van der Waals surface area contributed by atoms with E-state index in [0.717, 1.165) is 12.8 Å². The molecule has 0 aliphatic carbocycles. The molecular weight excluding hydrogens is 317 g/mol. The normalized spacial score (nSPS) is 19.6. The van der Waals surface area contributed by atoms with E-state index >= 15 is 0 Å². The van der Waals surface area contributed by atoms with Gasteiger partial charge in [-0.3, -0.25) is 4.79 Å². The molecule has 0 bridgehead atoms. The van der Waals surface area contributed by atoms with Gasteiger partial charge < -0.3 is 5.32 Å². The summed E-state index contributed by atoms with van der Waals surface area (Å²) >= 11 is 0. The van der Waals surface area contributed by atoms with Crippen molar-refractivity contribution in [3.63, 3.8) is 0 Å². The minimum absolute atomic E-state index is 0.0276. The van der Waals surface area contributed by atoms with E-state index in [1.54, 1.807) is 12.1 Å². The molecule has 1 heterocycles. The number of carbonyl (C=O) groups excluding carboxylic acids is 1. The summed E-state index contributed by atoms with van der Waals surface area (Å²) in [6.45, 7) is 0.580. The molecule has 1 aromatic carbocycles. The Labute approximate surface area is 137 Å². The zero-order chi connectivity index (χ0) is 16.7. The first kappa shape index (κ1) is 17.9. The molecule has 1 unspecified atom stereocenters. The monoisotopic (exact) mass is 341 g/mol. The number of carbonyl (C=O) groups is 1. The fourth-order valence-electron chi connectivity index (χ4n) is 2.89. The molecule has 1 N–H and O–H groups in total. The van der Waals surface area contributed by atoms with Gasteiger partial charge in [0.05, 0.1) is 11.5 Å².